The predicted molar refractivity (Wildman–Crippen MR) is 116 cm³/mol. The molecule has 2 heterocycles. The van der Waals surface area contributed by atoms with Gasteiger partial charge in [0.2, 0.25) is 0 Å². The average molecular weight is 439 g/mol. The molecule has 160 valence electrons. The Bertz CT molecular complexity index is 1260. The molecule has 1 aliphatic heterocycles. The lowest BCUT2D eigenvalue weighted by Gasteiger charge is -2.11. The number of fused-ring (bicyclic) bond motifs is 1. The quantitative estimate of drug-likeness (QED) is 0.607. The molecular weight excluding hydrogens is 416 g/mol. The lowest BCUT2D eigenvalue weighted by Crippen LogP contribution is -2.35. The number of benzene rings is 2. The minimum absolute atomic E-state index is 0.191. The highest BCUT2D eigenvalue weighted by Gasteiger charge is 2.33. The number of nitrogens with zero attached hydrogens (tertiary/aromatic N) is 2. The SMILES string of the molecule is Cc1ccc(CNC(=O)C(=O)Nc2c3c(nn2-c2ccc(C)cc2)CS(=O)(=O)C3)cc1. The standard InChI is InChI=1S/C22H22N4O4S/c1-14-3-7-16(8-4-14)11-23-21(27)22(28)24-20-18-12-31(29,30)13-19(18)25-26(20)17-9-5-15(2)6-10-17/h3-10H,11-13H2,1-2H3,(H,23,27)(H,24,28). The number of anilines is 1. The second-order valence-electron chi connectivity index (χ2n) is 7.68. The second-order valence-corrected chi connectivity index (χ2v) is 9.74. The summed E-state index contributed by atoms with van der Waals surface area (Å²) in [7, 11) is -3.32. The monoisotopic (exact) mass is 438 g/mol. The summed E-state index contributed by atoms with van der Waals surface area (Å²) in [6.45, 7) is 4.11. The fraction of sp³-hybridized carbons (Fsp3) is 0.227. The zero-order chi connectivity index (χ0) is 22.2. The Balaban J connectivity index is 1.56. The van der Waals surface area contributed by atoms with Crippen LogP contribution in [0.3, 0.4) is 0 Å². The van der Waals surface area contributed by atoms with Crippen molar-refractivity contribution in [2.24, 2.45) is 0 Å². The number of sulfone groups is 1. The summed E-state index contributed by atoms with van der Waals surface area (Å²) in [5.74, 6) is -1.91. The molecule has 3 aromatic rings. The third kappa shape index (κ3) is 4.51. The van der Waals surface area contributed by atoms with Crippen LogP contribution >= 0.6 is 0 Å². The summed E-state index contributed by atoms with van der Waals surface area (Å²) < 4.78 is 25.6. The van der Waals surface area contributed by atoms with Crippen molar-refractivity contribution in [3.8, 4) is 5.69 Å². The summed E-state index contributed by atoms with van der Waals surface area (Å²) in [6, 6.07) is 15.0. The van der Waals surface area contributed by atoms with Crippen LogP contribution in [0.4, 0.5) is 5.82 Å². The van der Waals surface area contributed by atoms with Gasteiger partial charge in [0, 0.05) is 12.1 Å². The van der Waals surface area contributed by atoms with E-state index < -0.39 is 21.7 Å². The number of nitrogens with one attached hydrogen (secondary N) is 2. The van der Waals surface area contributed by atoms with Gasteiger partial charge < -0.3 is 10.6 Å². The first kappa shape index (κ1) is 20.8. The fourth-order valence-electron chi connectivity index (χ4n) is 3.38. The number of amides is 2. The summed E-state index contributed by atoms with van der Waals surface area (Å²) in [6.07, 6.45) is 0. The molecule has 0 saturated heterocycles. The number of carbonyl (C=O) groups excluding carboxylic acids is 2. The lowest BCUT2D eigenvalue weighted by molar-refractivity contribution is -0.136. The van der Waals surface area contributed by atoms with E-state index in [2.05, 4.69) is 15.7 Å². The molecule has 0 unspecified atom stereocenters. The molecule has 2 amide bonds. The van der Waals surface area contributed by atoms with Crippen molar-refractivity contribution in [3.63, 3.8) is 0 Å². The van der Waals surface area contributed by atoms with E-state index in [4.69, 9.17) is 0 Å². The van der Waals surface area contributed by atoms with Crippen LogP contribution in [-0.4, -0.2) is 30.0 Å². The van der Waals surface area contributed by atoms with Crippen LogP contribution in [0.2, 0.25) is 0 Å². The fourth-order valence-corrected chi connectivity index (χ4v) is 4.87. The van der Waals surface area contributed by atoms with Crippen molar-refractivity contribution >= 4 is 27.5 Å². The predicted octanol–water partition coefficient (Wildman–Crippen LogP) is 2.17. The number of hydrogen-bond acceptors (Lipinski definition) is 5. The third-order valence-corrected chi connectivity index (χ3v) is 6.52. The van der Waals surface area contributed by atoms with E-state index in [9.17, 15) is 18.0 Å². The van der Waals surface area contributed by atoms with E-state index >= 15 is 0 Å². The van der Waals surface area contributed by atoms with Gasteiger partial charge in [0.05, 0.1) is 22.9 Å². The van der Waals surface area contributed by atoms with E-state index in [1.807, 2.05) is 62.4 Å². The molecule has 31 heavy (non-hydrogen) atoms. The molecule has 0 spiro atoms. The minimum atomic E-state index is -3.32. The molecule has 0 bridgehead atoms. The van der Waals surface area contributed by atoms with E-state index in [0.717, 1.165) is 16.7 Å². The van der Waals surface area contributed by atoms with E-state index in [-0.39, 0.29) is 23.9 Å². The molecule has 9 heteroatoms. The summed E-state index contributed by atoms with van der Waals surface area (Å²) >= 11 is 0. The molecule has 0 radical (unpaired) electrons. The highest BCUT2D eigenvalue weighted by Crippen LogP contribution is 2.33. The second kappa shape index (κ2) is 7.99. The first-order valence-corrected chi connectivity index (χ1v) is 11.6. The van der Waals surface area contributed by atoms with Gasteiger partial charge in [0.15, 0.2) is 9.84 Å². The summed E-state index contributed by atoms with van der Waals surface area (Å²) in [5.41, 5.74) is 4.47. The van der Waals surface area contributed by atoms with Crippen LogP contribution in [0.5, 0.6) is 0 Å². The largest absolute Gasteiger partial charge is 0.344 e. The molecule has 4 rings (SSSR count). The molecule has 0 fully saturated rings. The van der Waals surface area contributed by atoms with E-state index in [1.54, 1.807) is 0 Å². The molecule has 2 N–H and O–H groups in total. The lowest BCUT2D eigenvalue weighted by atomic mass is 10.1. The van der Waals surface area contributed by atoms with Gasteiger partial charge in [0.1, 0.15) is 5.82 Å². The van der Waals surface area contributed by atoms with Gasteiger partial charge in [-0.05, 0) is 31.5 Å². The van der Waals surface area contributed by atoms with Crippen LogP contribution in [-0.2, 0) is 37.5 Å². The molecule has 2 aromatic carbocycles. The van der Waals surface area contributed by atoms with Crippen molar-refractivity contribution in [2.75, 3.05) is 5.32 Å². The number of rotatable bonds is 4. The Kier molecular flexibility index (Phi) is 5.36. The van der Waals surface area contributed by atoms with Crippen LogP contribution in [0.15, 0.2) is 48.5 Å². The number of aryl methyl sites for hydroxylation is 2. The van der Waals surface area contributed by atoms with Crippen molar-refractivity contribution < 1.29 is 18.0 Å². The maximum Gasteiger partial charge on any atom is 0.314 e. The van der Waals surface area contributed by atoms with Crippen LogP contribution < -0.4 is 10.6 Å². The Labute approximate surface area is 180 Å². The molecule has 0 saturated carbocycles. The smallest absolute Gasteiger partial charge is 0.314 e. The minimum Gasteiger partial charge on any atom is -0.344 e. The van der Waals surface area contributed by atoms with Crippen molar-refractivity contribution in [2.45, 2.75) is 31.9 Å². The number of carbonyl (C=O) groups is 2. The Morgan fingerprint density at radius 2 is 1.55 bits per heavy atom. The summed E-state index contributed by atoms with van der Waals surface area (Å²) in [4.78, 5) is 24.9. The van der Waals surface area contributed by atoms with Crippen molar-refractivity contribution in [1.29, 1.82) is 0 Å². The Morgan fingerprint density at radius 1 is 0.935 bits per heavy atom. The van der Waals surface area contributed by atoms with Gasteiger partial charge in [-0.15, -0.1) is 0 Å². The number of hydrogen-bond donors (Lipinski definition) is 2. The van der Waals surface area contributed by atoms with Crippen LogP contribution in [0, 0.1) is 13.8 Å². The summed E-state index contributed by atoms with van der Waals surface area (Å²) in [5, 5.41) is 9.55. The van der Waals surface area contributed by atoms with Gasteiger partial charge in [-0.2, -0.15) is 5.10 Å². The third-order valence-electron chi connectivity index (χ3n) is 5.08. The van der Waals surface area contributed by atoms with Gasteiger partial charge in [-0.1, -0.05) is 47.5 Å². The average Bonchev–Trinajstić information content (AvgIpc) is 3.20. The van der Waals surface area contributed by atoms with Crippen molar-refractivity contribution in [1.82, 2.24) is 15.1 Å². The zero-order valence-electron chi connectivity index (χ0n) is 17.2. The first-order valence-electron chi connectivity index (χ1n) is 9.75. The molecule has 1 aromatic heterocycles. The molecule has 8 nitrogen and oxygen atoms in total. The van der Waals surface area contributed by atoms with Crippen molar-refractivity contribution in [3.05, 3.63) is 76.5 Å². The Morgan fingerprint density at radius 3 is 2.19 bits per heavy atom. The Hall–Kier alpha value is -3.46. The maximum atomic E-state index is 12.6. The normalized spacial score (nSPS) is 14.1. The molecule has 1 aliphatic rings. The van der Waals surface area contributed by atoms with Gasteiger partial charge >= 0.3 is 11.8 Å². The first-order chi connectivity index (χ1) is 14.7. The highest BCUT2D eigenvalue weighted by atomic mass is 32.2. The van der Waals surface area contributed by atoms with E-state index in [0.29, 0.717) is 16.9 Å². The van der Waals surface area contributed by atoms with Gasteiger partial charge in [0.25, 0.3) is 0 Å². The van der Waals surface area contributed by atoms with E-state index in [1.165, 1.54) is 4.68 Å². The van der Waals surface area contributed by atoms with Gasteiger partial charge in [-0.3, -0.25) is 9.59 Å². The molecule has 0 aliphatic carbocycles. The molecular formula is C22H22N4O4S. The topological polar surface area (TPSA) is 110 Å². The highest BCUT2D eigenvalue weighted by molar-refractivity contribution is 7.90. The van der Waals surface area contributed by atoms with Crippen LogP contribution in [0.1, 0.15) is 27.9 Å². The van der Waals surface area contributed by atoms with Crippen LogP contribution in [0.25, 0.3) is 5.69 Å². The number of aromatic nitrogens is 2. The maximum absolute atomic E-state index is 12.6. The molecule has 0 atom stereocenters. The zero-order valence-corrected chi connectivity index (χ0v) is 18.0. The van der Waals surface area contributed by atoms with Gasteiger partial charge in [-0.25, -0.2) is 13.1 Å².